The predicted molar refractivity (Wildman–Crippen MR) is 79.4 cm³/mol. The molecule has 0 saturated heterocycles. The predicted octanol–water partition coefficient (Wildman–Crippen LogP) is 1.45. The maximum absolute atomic E-state index is 12.0. The number of methoxy groups -OCH3 is 1. The van der Waals surface area contributed by atoms with Crippen molar-refractivity contribution in [1.82, 2.24) is 4.57 Å². The Morgan fingerprint density at radius 3 is 2.85 bits per heavy atom. The van der Waals surface area contributed by atoms with Crippen LogP contribution in [0.25, 0.3) is 0 Å². The van der Waals surface area contributed by atoms with Gasteiger partial charge in [-0.2, -0.15) is 0 Å². The van der Waals surface area contributed by atoms with Crippen LogP contribution in [0.4, 0.5) is 11.4 Å². The molecule has 0 atom stereocenters. The molecule has 2 rings (SSSR count). The molecule has 0 aliphatic rings. The number of benzene rings is 1. The van der Waals surface area contributed by atoms with Crippen molar-refractivity contribution in [2.24, 2.45) is 0 Å². The number of anilines is 2. The molecular formula is C13H15N3O3S. The molecule has 0 aliphatic heterocycles. The Balaban J connectivity index is 2.16. The molecule has 0 fully saturated rings. The van der Waals surface area contributed by atoms with E-state index in [-0.39, 0.29) is 17.3 Å². The zero-order chi connectivity index (χ0) is 14.7. The third-order valence-corrected chi connectivity index (χ3v) is 3.66. The van der Waals surface area contributed by atoms with Crippen molar-refractivity contribution in [1.29, 1.82) is 0 Å². The minimum absolute atomic E-state index is 0.0356. The van der Waals surface area contributed by atoms with Crippen LogP contribution in [0.1, 0.15) is 5.69 Å². The van der Waals surface area contributed by atoms with Gasteiger partial charge in [-0.15, -0.1) is 0 Å². The highest BCUT2D eigenvalue weighted by Gasteiger charge is 2.11. The van der Waals surface area contributed by atoms with Crippen LogP contribution in [0.2, 0.25) is 0 Å². The summed E-state index contributed by atoms with van der Waals surface area (Å²) in [5.41, 5.74) is 7.44. The van der Waals surface area contributed by atoms with Crippen LogP contribution in [0, 0.1) is 6.92 Å². The Labute approximate surface area is 119 Å². The van der Waals surface area contributed by atoms with E-state index in [2.05, 4.69) is 5.32 Å². The average Bonchev–Trinajstić information content (AvgIpc) is 2.71. The van der Waals surface area contributed by atoms with Crippen molar-refractivity contribution in [3.05, 3.63) is 38.9 Å². The molecule has 3 N–H and O–H groups in total. The van der Waals surface area contributed by atoms with Crippen molar-refractivity contribution in [2.75, 3.05) is 18.2 Å². The van der Waals surface area contributed by atoms with Crippen LogP contribution in [-0.4, -0.2) is 17.6 Å². The summed E-state index contributed by atoms with van der Waals surface area (Å²) in [6.45, 7) is 1.75. The second-order valence-electron chi connectivity index (χ2n) is 4.24. The zero-order valence-corrected chi connectivity index (χ0v) is 12.0. The maximum atomic E-state index is 12.0. The molecule has 0 aliphatic carbocycles. The van der Waals surface area contributed by atoms with Crippen LogP contribution in [0.5, 0.6) is 5.75 Å². The van der Waals surface area contributed by atoms with E-state index in [0.717, 1.165) is 17.0 Å². The van der Waals surface area contributed by atoms with Crippen LogP contribution >= 0.6 is 11.3 Å². The largest absolute Gasteiger partial charge is 0.495 e. The van der Waals surface area contributed by atoms with E-state index in [1.54, 1.807) is 30.5 Å². The lowest BCUT2D eigenvalue weighted by molar-refractivity contribution is -0.116. The van der Waals surface area contributed by atoms with Gasteiger partial charge in [0.1, 0.15) is 12.3 Å². The Bertz CT molecular complexity index is 690. The summed E-state index contributed by atoms with van der Waals surface area (Å²) in [5.74, 6) is 0.208. The molecule has 1 amide bonds. The quantitative estimate of drug-likeness (QED) is 0.835. The number of nitrogens with one attached hydrogen (secondary N) is 1. The molecule has 0 saturated carbocycles. The number of amides is 1. The Morgan fingerprint density at radius 2 is 2.25 bits per heavy atom. The lowest BCUT2D eigenvalue weighted by atomic mass is 10.2. The number of thiazole rings is 1. The molecule has 106 valence electrons. The summed E-state index contributed by atoms with van der Waals surface area (Å²) >= 11 is 1.07. The maximum Gasteiger partial charge on any atom is 0.307 e. The summed E-state index contributed by atoms with van der Waals surface area (Å²) in [6.07, 6.45) is 0. The topological polar surface area (TPSA) is 86.3 Å². The summed E-state index contributed by atoms with van der Waals surface area (Å²) in [5, 5.41) is 4.41. The fraction of sp³-hybridized carbons (Fsp3) is 0.231. The monoisotopic (exact) mass is 293 g/mol. The fourth-order valence-electron chi connectivity index (χ4n) is 1.75. The summed E-state index contributed by atoms with van der Waals surface area (Å²) < 4.78 is 6.56. The molecule has 7 heteroatoms. The average molecular weight is 293 g/mol. The van der Waals surface area contributed by atoms with Gasteiger partial charge in [-0.05, 0) is 25.1 Å². The number of rotatable bonds is 4. The molecule has 1 aromatic heterocycles. The molecule has 0 spiro atoms. The smallest absolute Gasteiger partial charge is 0.307 e. The number of carbonyl (C=O) groups is 1. The minimum Gasteiger partial charge on any atom is -0.495 e. The molecule has 2 aromatic rings. The molecule has 20 heavy (non-hydrogen) atoms. The Morgan fingerprint density at radius 1 is 1.50 bits per heavy atom. The number of aryl methyl sites for hydroxylation is 1. The molecule has 0 unspecified atom stereocenters. The van der Waals surface area contributed by atoms with Crippen molar-refractivity contribution in [2.45, 2.75) is 13.5 Å². The summed E-state index contributed by atoms with van der Waals surface area (Å²) in [6, 6.07) is 4.97. The standard InChI is InChI=1S/C13H15N3O3S/c1-8-7-20-13(18)16(8)6-12(17)15-10-5-9(14)3-4-11(10)19-2/h3-5,7H,6,14H2,1-2H3,(H,15,17). The van der Waals surface area contributed by atoms with Gasteiger partial charge in [0.25, 0.3) is 0 Å². The SMILES string of the molecule is COc1ccc(N)cc1NC(=O)Cn1c(C)csc1=O. The number of hydrogen-bond acceptors (Lipinski definition) is 5. The van der Waals surface area contributed by atoms with Gasteiger partial charge in [0, 0.05) is 16.8 Å². The fourth-order valence-corrected chi connectivity index (χ4v) is 2.49. The van der Waals surface area contributed by atoms with Crippen LogP contribution in [0.15, 0.2) is 28.4 Å². The van der Waals surface area contributed by atoms with Gasteiger partial charge < -0.3 is 15.8 Å². The molecular weight excluding hydrogens is 278 g/mol. The first-order chi connectivity index (χ1) is 9.51. The summed E-state index contributed by atoms with van der Waals surface area (Å²) in [4.78, 5) is 23.4. The molecule has 0 bridgehead atoms. The highest BCUT2D eigenvalue weighted by atomic mass is 32.1. The molecule has 1 aromatic carbocycles. The van der Waals surface area contributed by atoms with Gasteiger partial charge in [0.05, 0.1) is 12.8 Å². The summed E-state index contributed by atoms with van der Waals surface area (Å²) in [7, 11) is 1.51. The third kappa shape index (κ3) is 3.00. The van der Waals surface area contributed by atoms with E-state index in [1.807, 2.05) is 0 Å². The lowest BCUT2D eigenvalue weighted by Gasteiger charge is -2.11. The van der Waals surface area contributed by atoms with E-state index < -0.39 is 0 Å². The normalized spacial score (nSPS) is 10.3. The molecule has 6 nitrogen and oxygen atoms in total. The Kier molecular flexibility index (Phi) is 4.09. The lowest BCUT2D eigenvalue weighted by Crippen LogP contribution is -2.25. The van der Waals surface area contributed by atoms with Gasteiger partial charge in [0.2, 0.25) is 5.91 Å². The number of aromatic nitrogens is 1. The van der Waals surface area contributed by atoms with E-state index in [9.17, 15) is 9.59 Å². The van der Waals surface area contributed by atoms with E-state index in [4.69, 9.17) is 10.5 Å². The van der Waals surface area contributed by atoms with E-state index >= 15 is 0 Å². The third-order valence-electron chi connectivity index (χ3n) is 2.78. The second-order valence-corrected chi connectivity index (χ2v) is 5.06. The first-order valence-electron chi connectivity index (χ1n) is 5.89. The molecule has 0 radical (unpaired) electrons. The van der Waals surface area contributed by atoms with Gasteiger partial charge >= 0.3 is 4.87 Å². The van der Waals surface area contributed by atoms with Crippen LogP contribution < -0.4 is 20.7 Å². The van der Waals surface area contributed by atoms with Crippen LogP contribution in [0.3, 0.4) is 0 Å². The first-order valence-corrected chi connectivity index (χ1v) is 6.77. The minimum atomic E-state index is -0.308. The number of carbonyl (C=O) groups excluding carboxylic acids is 1. The number of nitrogens with two attached hydrogens (primary N) is 1. The first kappa shape index (κ1) is 14.1. The van der Waals surface area contributed by atoms with Gasteiger partial charge in [-0.25, -0.2) is 0 Å². The number of nitrogen functional groups attached to an aromatic ring is 1. The Hall–Kier alpha value is -2.28. The van der Waals surface area contributed by atoms with Gasteiger partial charge in [-0.1, -0.05) is 11.3 Å². The zero-order valence-electron chi connectivity index (χ0n) is 11.2. The van der Waals surface area contributed by atoms with Crippen molar-refractivity contribution >= 4 is 28.6 Å². The highest BCUT2D eigenvalue weighted by molar-refractivity contribution is 7.07. The number of ether oxygens (including phenoxy) is 1. The van der Waals surface area contributed by atoms with Gasteiger partial charge in [-0.3, -0.25) is 14.2 Å². The number of hydrogen-bond donors (Lipinski definition) is 2. The van der Waals surface area contributed by atoms with E-state index in [0.29, 0.717) is 17.1 Å². The van der Waals surface area contributed by atoms with Crippen LogP contribution in [-0.2, 0) is 11.3 Å². The molecule has 1 heterocycles. The number of nitrogens with zero attached hydrogens (tertiary/aromatic N) is 1. The van der Waals surface area contributed by atoms with Crippen molar-refractivity contribution < 1.29 is 9.53 Å². The van der Waals surface area contributed by atoms with Gasteiger partial charge in [0.15, 0.2) is 0 Å². The second kappa shape index (κ2) is 5.79. The van der Waals surface area contributed by atoms with Crippen molar-refractivity contribution in [3.63, 3.8) is 0 Å². The van der Waals surface area contributed by atoms with Crippen molar-refractivity contribution in [3.8, 4) is 5.75 Å². The van der Waals surface area contributed by atoms with E-state index in [1.165, 1.54) is 11.7 Å². The highest BCUT2D eigenvalue weighted by Crippen LogP contribution is 2.26.